The summed E-state index contributed by atoms with van der Waals surface area (Å²) in [6.45, 7) is 3.93. The first-order valence-corrected chi connectivity index (χ1v) is 8.46. The number of pyridine rings is 2. The van der Waals surface area contributed by atoms with E-state index in [2.05, 4.69) is 4.98 Å². The van der Waals surface area contributed by atoms with Crippen molar-refractivity contribution in [1.29, 1.82) is 0 Å². The first-order chi connectivity index (χ1) is 12.5. The highest BCUT2D eigenvalue weighted by atomic mass is 16.1. The Labute approximate surface area is 149 Å². The van der Waals surface area contributed by atoms with Crippen molar-refractivity contribution in [2.45, 2.75) is 19.8 Å². The van der Waals surface area contributed by atoms with Crippen molar-refractivity contribution >= 4 is 21.9 Å². The summed E-state index contributed by atoms with van der Waals surface area (Å²) in [6.07, 6.45) is 1.62. The topological polar surface area (TPSA) is 69.8 Å². The molecule has 26 heavy (non-hydrogen) atoms. The van der Waals surface area contributed by atoms with Gasteiger partial charge in [0.2, 0.25) is 5.43 Å². The zero-order valence-corrected chi connectivity index (χ0v) is 14.8. The third kappa shape index (κ3) is 2.26. The normalized spacial score (nSPS) is 11.5. The molecule has 4 aromatic rings. The summed E-state index contributed by atoms with van der Waals surface area (Å²) in [4.78, 5) is 35.4. The molecule has 0 unspecified atom stereocenters. The largest absolute Gasteiger partial charge is 0.328 e. The smallest absolute Gasteiger partial charge is 0.272 e. The first-order valence-electron chi connectivity index (χ1n) is 8.46. The van der Waals surface area contributed by atoms with Gasteiger partial charge in [0.1, 0.15) is 17.0 Å². The molecule has 0 N–H and O–H groups in total. The van der Waals surface area contributed by atoms with Crippen LogP contribution >= 0.6 is 0 Å². The van der Waals surface area contributed by atoms with Crippen LogP contribution in [0.5, 0.6) is 0 Å². The van der Waals surface area contributed by atoms with E-state index in [-0.39, 0.29) is 22.3 Å². The number of aryl methyl sites for hydroxylation is 1. The van der Waals surface area contributed by atoms with Crippen LogP contribution in [0.1, 0.15) is 25.6 Å². The van der Waals surface area contributed by atoms with Gasteiger partial charge in [-0.1, -0.05) is 32.0 Å². The minimum atomic E-state index is -0.385. The molecule has 130 valence electrons. The molecule has 0 amide bonds. The molecular weight excluding hydrogens is 328 g/mol. The van der Waals surface area contributed by atoms with Crippen LogP contribution in [-0.2, 0) is 7.05 Å². The molecule has 0 radical (unpaired) electrons. The molecule has 0 saturated carbocycles. The standard InChI is InChI=1S/C20H18N4O2/c1-12(2)18-22-19-16(20(26)24(18)15-10-6-7-11-21-15)17(25)13-8-4-5-9-14(13)23(19)3/h4-12H,1-3H3. The second-order valence-corrected chi connectivity index (χ2v) is 6.56. The van der Waals surface area contributed by atoms with E-state index in [1.165, 1.54) is 4.57 Å². The van der Waals surface area contributed by atoms with E-state index in [0.29, 0.717) is 22.7 Å². The lowest BCUT2D eigenvalue weighted by Crippen LogP contribution is -2.30. The van der Waals surface area contributed by atoms with E-state index >= 15 is 0 Å². The van der Waals surface area contributed by atoms with Gasteiger partial charge in [0, 0.05) is 24.5 Å². The van der Waals surface area contributed by atoms with Gasteiger partial charge in [-0.05, 0) is 24.3 Å². The lowest BCUT2D eigenvalue weighted by atomic mass is 10.1. The Kier molecular flexibility index (Phi) is 3.68. The summed E-state index contributed by atoms with van der Waals surface area (Å²) in [5.41, 5.74) is 0.465. The van der Waals surface area contributed by atoms with Crippen LogP contribution in [0.2, 0.25) is 0 Å². The highest BCUT2D eigenvalue weighted by Crippen LogP contribution is 2.19. The number of nitrogens with zero attached hydrogens (tertiary/aromatic N) is 4. The van der Waals surface area contributed by atoms with Crippen molar-refractivity contribution in [1.82, 2.24) is 19.1 Å². The number of fused-ring (bicyclic) bond motifs is 2. The van der Waals surface area contributed by atoms with E-state index in [1.54, 1.807) is 30.5 Å². The van der Waals surface area contributed by atoms with Crippen molar-refractivity contribution in [2.75, 3.05) is 0 Å². The maximum atomic E-state index is 13.3. The van der Waals surface area contributed by atoms with E-state index in [1.807, 2.05) is 43.7 Å². The highest BCUT2D eigenvalue weighted by molar-refractivity contribution is 5.91. The lowest BCUT2D eigenvalue weighted by molar-refractivity contribution is 0.708. The van der Waals surface area contributed by atoms with Gasteiger partial charge in [-0.15, -0.1) is 0 Å². The second-order valence-electron chi connectivity index (χ2n) is 6.56. The van der Waals surface area contributed by atoms with Gasteiger partial charge in [0.25, 0.3) is 5.56 Å². The van der Waals surface area contributed by atoms with Crippen LogP contribution in [0.3, 0.4) is 0 Å². The van der Waals surface area contributed by atoms with Gasteiger partial charge < -0.3 is 4.57 Å². The zero-order chi connectivity index (χ0) is 18.4. The number of hydrogen-bond acceptors (Lipinski definition) is 4. The Bertz CT molecular complexity index is 1250. The molecule has 0 atom stereocenters. The lowest BCUT2D eigenvalue weighted by Gasteiger charge is -2.17. The fourth-order valence-corrected chi connectivity index (χ4v) is 3.27. The second kappa shape index (κ2) is 5.91. The minimum Gasteiger partial charge on any atom is -0.328 e. The molecule has 6 nitrogen and oxygen atoms in total. The Morgan fingerprint density at radius 2 is 1.73 bits per heavy atom. The summed E-state index contributed by atoms with van der Waals surface area (Å²) >= 11 is 0. The predicted molar refractivity (Wildman–Crippen MR) is 102 cm³/mol. The fourth-order valence-electron chi connectivity index (χ4n) is 3.27. The summed E-state index contributed by atoms with van der Waals surface area (Å²) in [5, 5.41) is 0.590. The average molecular weight is 346 g/mol. The molecule has 6 heteroatoms. The van der Waals surface area contributed by atoms with Gasteiger partial charge >= 0.3 is 0 Å². The molecule has 0 fully saturated rings. The molecule has 4 rings (SSSR count). The van der Waals surface area contributed by atoms with Crippen molar-refractivity contribution in [3.05, 3.63) is 75.1 Å². The number of benzene rings is 1. The molecule has 3 aromatic heterocycles. The summed E-state index contributed by atoms with van der Waals surface area (Å²) in [6, 6.07) is 12.6. The molecule has 0 aliphatic carbocycles. The summed E-state index contributed by atoms with van der Waals surface area (Å²) in [7, 11) is 1.83. The fraction of sp³-hybridized carbons (Fsp3) is 0.200. The van der Waals surface area contributed by atoms with Gasteiger partial charge in [0.05, 0.1) is 5.52 Å². The molecule has 0 spiro atoms. The Morgan fingerprint density at radius 1 is 1.00 bits per heavy atom. The quantitative estimate of drug-likeness (QED) is 0.523. The predicted octanol–water partition coefficient (Wildman–Crippen LogP) is 2.76. The SMILES string of the molecule is CC(C)c1nc2c(c(=O)c3ccccc3n2C)c(=O)n1-c1ccccn1. The number of aromatic nitrogens is 4. The maximum absolute atomic E-state index is 13.3. The minimum absolute atomic E-state index is 0.0179. The Morgan fingerprint density at radius 3 is 2.42 bits per heavy atom. The first kappa shape index (κ1) is 16.2. The maximum Gasteiger partial charge on any atom is 0.272 e. The number of hydrogen-bond donors (Lipinski definition) is 0. The van der Waals surface area contributed by atoms with Crippen molar-refractivity contribution in [3.8, 4) is 5.82 Å². The van der Waals surface area contributed by atoms with Crippen molar-refractivity contribution in [2.24, 2.45) is 7.05 Å². The van der Waals surface area contributed by atoms with Gasteiger partial charge in [-0.2, -0.15) is 0 Å². The monoisotopic (exact) mass is 346 g/mol. The van der Waals surface area contributed by atoms with Crippen LogP contribution in [0, 0.1) is 0 Å². The molecule has 0 aliphatic heterocycles. The van der Waals surface area contributed by atoms with E-state index in [4.69, 9.17) is 4.98 Å². The summed E-state index contributed by atoms with van der Waals surface area (Å²) < 4.78 is 3.26. The van der Waals surface area contributed by atoms with Crippen molar-refractivity contribution in [3.63, 3.8) is 0 Å². The van der Waals surface area contributed by atoms with E-state index < -0.39 is 0 Å². The number of para-hydroxylation sites is 1. The molecule has 0 bridgehead atoms. The molecular formula is C20H18N4O2. The van der Waals surface area contributed by atoms with Crippen molar-refractivity contribution < 1.29 is 0 Å². The van der Waals surface area contributed by atoms with Crippen LogP contribution in [-0.4, -0.2) is 19.1 Å². The summed E-state index contributed by atoms with van der Waals surface area (Å²) in [5.74, 6) is 1.02. The van der Waals surface area contributed by atoms with Crippen LogP contribution in [0.15, 0.2) is 58.3 Å². The van der Waals surface area contributed by atoms with E-state index in [0.717, 1.165) is 5.52 Å². The zero-order valence-electron chi connectivity index (χ0n) is 14.8. The van der Waals surface area contributed by atoms with Crippen LogP contribution in [0.25, 0.3) is 27.8 Å². The molecule has 0 saturated heterocycles. The molecule has 1 aromatic carbocycles. The Hall–Kier alpha value is -3.28. The van der Waals surface area contributed by atoms with Gasteiger partial charge in [-0.25, -0.2) is 14.5 Å². The third-order valence-electron chi connectivity index (χ3n) is 4.54. The highest BCUT2D eigenvalue weighted by Gasteiger charge is 2.20. The van der Waals surface area contributed by atoms with Crippen LogP contribution < -0.4 is 11.0 Å². The number of rotatable bonds is 2. The van der Waals surface area contributed by atoms with Crippen LogP contribution in [0.4, 0.5) is 0 Å². The molecule has 3 heterocycles. The molecule has 0 aliphatic rings. The van der Waals surface area contributed by atoms with Gasteiger partial charge in [-0.3, -0.25) is 9.59 Å². The average Bonchev–Trinajstić information content (AvgIpc) is 2.66. The van der Waals surface area contributed by atoms with Gasteiger partial charge in [0.15, 0.2) is 5.65 Å². The third-order valence-corrected chi connectivity index (χ3v) is 4.54. The Balaban J connectivity index is 2.27. The van der Waals surface area contributed by atoms with E-state index in [9.17, 15) is 9.59 Å².